The highest BCUT2D eigenvalue weighted by Gasteiger charge is 2.17. The molecule has 4 heteroatoms. The van der Waals surface area contributed by atoms with Crippen molar-refractivity contribution in [3.05, 3.63) is 46.6 Å². The van der Waals surface area contributed by atoms with Crippen molar-refractivity contribution in [2.75, 3.05) is 26.3 Å². The number of carbonyl (C=O) groups excluding carboxylic acids is 1. The predicted octanol–water partition coefficient (Wildman–Crippen LogP) is 5.93. The SMILES string of the molecule is CC(C)=CCC/C(C)=C/CC/C(C)=C/CC/C(C)=C/C(=O)NC(C)N1CCOCC1. The molecule has 0 spiro atoms. The summed E-state index contributed by atoms with van der Waals surface area (Å²) in [5.74, 6) is 0.000849. The van der Waals surface area contributed by atoms with Gasteiger partial charge in [-0.05, 0) is 80.1 Å². The van der Waals surface area contributed by atoms with Crippen LogP contribution < -0.4 is 5.32 Å². The molecule has 0 aromatic carbocycles. The van der Waals surface area contributed by atoms with Gasteiger partial charge in [-0.15, -0.1) is 0 Å². The summed E-state index contributed by atoms with van der Waals surface area (Å²) in [5.41, 5.74) is 5.44. The third-order valence-electron chi connectivity index (χ3n) is 5.48. The molecule has 1 aliphatic rings. The molecule has 0 saturated carbocycles. The van der Waals surface area contributed by atoms with Gasteiger partial charge in [0, 0.05) is 19.2 Å². The van der Waals surface area contributed by atoms with Gasteiger partial charge >= 0.3 is 0 Å². The minimum absolute atomic E-state index is 0.000849. The second kappa shape index (κ2) is 15.2. The highest BCUT2D eigenvalue weighted by Crippen LogP contribution is 2.13. The highest BCUT2D eigenvalue weighted by atomic mass is 16.5. The van der Waals surface area contributed by atoms with Gasteiger partial charge in [0.25, 0.3) is 0 Å². The molecule has 1 atom stereocenters. The lowest BCUT2D eigenvalue weighted by Gasteiger charge is -2.32. The van der Waals surface area contributed by atoms with E-state index in [-0.39, 0.29) is 12.1 Å². The summed E-state index contributed by atoms with van der Waals surface area (Å²) in [6, 6.07) is 0. The zero-order valence-electron chi connectivity index (χ0n) is 20.2. The molecule has 0 radical (unpaired) electrons. The number of hydrogen-bond acceptors (Lipinski definition) is 3. The Morgan fingerprint density at radius 2 is 1.37 bits per heavy atom. The summed E-state index contributed by atoms with van der Waals surface area (Å²) >= 11 is 0. The van der Waals surface area contributed by atoms with E-state index < -0.39 is 0 Å². The molecule has 1 heterocycles. The van der Waals surface area contributed by atoms with Gasteiger partial charge in [-0.2, -0.15) is 0 Å². The average molecular weight is 417 g/mol. The summed E-state index contributed by atoms with van der Waals surface area (Å²) in [6.07, 6.45) is 15.2. The zero-order valence-corrected chi connectivity index (χ0v) is 20.2. The number of morpholine rings is 1. The highest BCUT2D eigenvalue weighted by molar-refractivity contribution is 5.88. The fourth-order valence-corrected chi connectivity index (χ4v) is 3.48. The second-order valence-electron chi connectivity index (χ2n) is 8.82. The second-order valence-corrected chi connectivity index (χ2v) is 8.82. The monoisotopic (exact) mass is 416 g/mol. The van der Waals surface area contributed by atoms with Crippen molar-refractivity contribution >= 4 is 5.91 Å². The number of nitrogens with one attached hydrogen (secondary N) is 1. The first kappa shape index (κ1) is 26.4. The van der Waals surface area contributed by atoms with Crippen molar-refractivity contribution in [2.45, 2.75) is 86.2 Å². The summed E-state index contributed by atoms with van der Waals surface area (Å²) in [4.78, 5) is 14.5. The Bertz CT molecular complexity index is 633. The van der Waals surface area contributed by atoms with Crippen LogP contribution in [0.1, 0.15) is 80.1 Å². The fraction of sp³-hybridized carbons (Fsp3) is 0.654. The lowest BCUT2D eigenvalue weighted by Crippen LogP contribution is -2.50. The van der Waals surface area contributed by atoms with E-state index in [4.69, 9.17) is 4.74 Å². The minimum atomic E-state index is 0.000849. The van der Waals surface area contributed by atoms with Crippen molar-refractivity contribution in [3.8, 4) is 0 Å². The minimum Gasteiger partial charge on any atom is -0.379 e. The summed E-state index contributed by atoms with van der Waals surface area (Å²) in [7, 11) is 0. The molecular formula is C26H44N2O2. The fourth-order valence-electron chi connectivity index (χ4n) is 3.48. The number of rotatable bonds is 12. The Kier molecular flexibility index (Phi) is 13.4. The van der Waals surface area contributed by atoms with Crippen LogP contribution >= 0.6 is 0 Å². The molecule has 0 aromatic rings. The molecule has 30 heavy (non-hydrogen) atoms. The van der Waals surface area contributed by atoms with Crippen LogP contribution in [-0.2, 0) is 9.53 Å². The van der Waals surface area contributed by atoms with Crippen LogP contribution in [0.5, 0.6) is 0 Å². The Labute approximate surface area is 185 Å². The molecule has 1 aliphatic heterocycles. The largest absolute Gasteiger partial charge is 0.379 e. The van der Waals surface area contributed by atoms with Crippen molar-refractivity contribution in [1.29, 1.82) is 0 Å². The van der Waals surface area contributed by atoms with Gasteiger partial charge in [-0.3, -0.25) is 9.69 Å². The van der Waals surface area contributed by atoms with Crippen LogP contribution in [0.15, 0.2) is 46.6 Å². The number of ether oxygens (including phenoxy) is 1. The van der Waals surface area contributed by atoms with E-state index >= 15 is 0 Å². The number of hydrogen-bond donors (Lipinski definition) is 1. The molecule has 1 rings (SSSR count). The molecule has 1 unspecified atom stereocenters. The quantitative estimate of drug-likeness (QED) is 0.317. The van der Waals surface area contributed by atoms with E-state index in [2.05, 4.69) is 56.1 Å². The Balaban J connectivity index is 2.28. The first-order valence-corrected chi connectivity index (χ1v) is 11.5. The van der Waals surface area contributed by atoms with Gasteiger partial charge in [0.1, 0.15) is 0 Å². The lowest BCUT2D eigenvalue weighted by atomic mass is 10.0. The van der Waals surface area contributed by atoms with Crippen LogP contribution in [-0.4, -0.2) is 43.3 Å². The maximum Gasteiger partial charge on any atom is 0.245 e. The summed E-state index contributed by atoms with van der Waals surface area (Å²) < 4.78 is 5.37. The molecule has 0 bridgehead atoms. The van der Waals surface area contributed by atoms with Crippen LogP contribution in [0.2, 0.25) is 0 Å². The van der Waals surface area contributed by atoms with Crippen molar-refractivity contribution in [3.63, 3.8) is 0 Å². The molecule has 1 fully saturated rings. The van der Waals surface area contributed by atoms with Crippen molar-refractivity contribution in [2.24, 2.45) is 0 Å². The van der Waals surface area contributed by atoms with Crippen LogP contribution in [0.3, 0.4) is 0 Å². The van der Waals surface area contributed by atoms with Crippen molar-refractivity contribution in [1.82, 2.24) is 10.2 Å². The summed E-state index contributed by atoms with van der Waals surface area (Å²) in [5, 5.41) is 3.07. The topological polar surface area (TPSA) is 41.6 Å². The Hall–Kier alpha value is -1.65. The zero-order chi connectivity index (χ0) is 22.4. The predicted molar refractivity (Wildman–Crippen MR) is 128 cm³/mol. The van der Waals surface area contributed by atoms with Crippen LogP contribution in [0, 0.1) is 0 Å². The van der Waals surface area contributed by atoms with Gasteiger partial charge in [-0.1, -0.05) is 40.5 Å². The number of amides is 1. The third kappa shape index (κ3) is 12.8. The van der Waals surface area contributed by atoms with E-state index in [1.807, 2.05) is 13.8 Å². The van der Waals surface area contributed by atoms with Crippen LogP contribution in [0.4, 0.5) is 0 Å². The van der Waals surface area contributed by atoms with Gasteiger partial charge < -0.3 is 10.1 Å². The molecular weight excluding hydrogens is 372 g/mol. The van der Waals surface area contributed by atoms with Gasteiger partial charge in [0.05, 0.1) is 19.4 Å². The number of carbonyl (C=O) groups is 1. The van der Waals surface area contributed by atoms with E-state index in [1.165, 1.54) is 16.7 Å². The molecule has 1 N–H and O–H groups in total. The maximum atomic E-state index is 12.3. The van der Waals surface area contributed by atoms with Crippen LogP contribution in [0.25, 0.3) is 0 Å². The van der Waals surface area contributed by atoms with E-state index in [9.17, 15) is 4.79 Å². The average Bonchev–Trinajstić information content (AvgIpc) is 2.68. The van der Waals surface area contributed by atoms with Crippen molar-refractivity contribution < 1.29 is 9.53 Å². The first-order valence-electron chi connectivity index (χ1n) is 11.5. The normalized spacial score (nSPS) is 17.6. The molecule has 1 amide bonds. The lowest BCUT2D eigenvalue weighted by molar-refractivity contribution is -0.118. The van der Waals surface area contributed by atoms with Gasteiger partial charge in [0.15, 0.2) is 0 Å². The first-order chi connectivity index (χ1) is 14.3. The molecule has 4 nitrogen and oxygen atoms in total. The Morgan fingerprint density at radius 3 is 1.90 bits per heavy atom. The van der Waals surface area contributed by atoms with E-state index in [1.54, 1.807) is 6.08 Å². The van der Waals surface area contributed by atoms with E-state index in [0.717, 1.165) is 70.4 Å². The molecule has 0 aliphatic carbocycles. The molecule has 1 saturated heterocycles. The number of allylic oxidation sites excluding steroid dienone is 7. The van der Waals surface area contributed by atoms with Gasteiger partial charge in [-0.25, -0.2) is 0 Å². The number of nitrogens with zero attached hydrogens (tertiary/aromatic N) is 1. The van der Waals surface area contributed by atoms with E-state index in [0.29, 0.717) is 0 Å². The smallest absolute Gasteiger partial charge is 0.245 e. The Morgan fingerprint density at radius 1 is 0.867 bits per heavy atom. The summed E-state index contributed by atoms with van der Waals surface area (Å²) in [6.45, 7) is 16.1. The molecule has 170 valence electrons. The standard InChI is InChI=1S/C26H44N2O2/c1-21(2)10-7-11-22(3)12-8-13-23(4)14-9-15-24(5)20-26(29)27-25(6)28-16-18-30-19-17-28/h10,12,14,20,25H,7-9,11,13,15-19H2,1-6H3,(H,27,29)/b22-12+,23-14+,24-20+. The van der Waals surface area contributed by atoms with Gasteiger partial charge in [0.2, 0.25) is 5.91 Å². The molecule has 0 aromatic heterocycles. The third-order valence-corrected chi connectivity index (χ3v) is 5.48. The maximum absolute atomic E-state index is 12.3.